The second-order valence-electron chi connectivity index (χ2n) is 4.96. The predicted molar refractivity (Wildman–Crippen MR) is 76.4 cm³/mol. The molecule has 0 radical (unpaired) electrons. The van der Waals surface area contributed by atoms with E-state index < -0.39 is 10.0 Å². The van der Waals surface area contributed by atoms with Gasteiger partial charge in [-0.3, -0.25) is 0 Å². The average Bonchev–Trinajstić information content (AvgIpc) is 2.70. The van der Waals surface area contributed by atoms with E-state index in [4.69, 9.17) is 10.9 Å². The molecule has 1 fully saturated rings. The molecule has 0 aromatic heterocycles. The first-order valence-electron chi connectivity index (χ1n) is 6.24. The van der Waals surface area contributed by atoms with Crippen LogP contribution in [0, 0.1) is 0 Å². The van der Waals surface area contributed by atoms with Gasteiger partial charge in [-0.25, -0.2) is 13.6 Å². The zero-order valence-electron chi connectivity index (χ0n) is 11.0. The average molecular weight is 284 g/mol. The number of hydrogen-bond acceptors (Lipinski definition) is 5. The molecule has 1 aliphatic rings. The highest BCUT2D eigenvalue weighted by Gasteiger charge is 2.20. The van der Waals surface area contributed by atoms with Crippen LogP contribution in [0.25, 0.3) is 0 Å². The van der Waals surface area contributed by atoms with Crippen LogP contribution in [-0.2, 0) is 10.0 Å². The normalized spacial score (nSPS) is 20.6. The van der Waals surface area contributed by atoms with Crippen molar-refractivity contribution in [1.29, 1.82) is 0 Å². The fourth-order valence-electron chi connectivity index (χ4n) is 2.39. The van der Waals surface area contributed by atoms with Crippen molar-refractivity contribution < 1.29 is 8.42 Å². The first-order chi connectivity index (χ1) is 8.88. The minimum absolute atomic E-state index is 0.0314. The molecule has 1 saturated heterocycles. The number of primary sulfonamides is 1. The number of benzene rings is 1. The lowest BCUT2D eigenvalue weighted by atomic mass is 10.2. The van der Waals surface area contributed by atoms with Gasteiger partial charge in [0.1, 0.15) is 4.90 Å². The van der Waals surface area contributed by atoms with Crippen molar-refractivity contribution in [3.8, 4) is 0 Å². The third kappa shape index (κ3) is 3.37. The summed E-state index contributed by atoms with van der Waals surface area (Å²) in [5, 5.41) is 8.34. The van der Waals surface area contributed by atoms with Crippen molar-refractivity contribution in [2.45, 2.75) is 23.8 Å². The van der Waals surface area contributed by atoms with Crippen molar-refractivity contribution in [2.24, 2.45) is 5.14 Å². The van der Waals surface area contributed by atoms with Gasteiger partial charge < -0.3 is 16.0 Å². The number of likely N-dealkylation sites (tertiary alicyclic amines) is 1. The van der Waals surface area contributed by atoms with Crippen molar-refractivity contribution in [2.75, 3.05) is 31.2 Å². The predicted octanol–water partition coefficient (Wildman–Crippen LogP) is 0.422. The Bertz CT molecular complexity index is 559. The summed E-state index contributed by atoms with van der Waals surface area (Å²) < 4.78 is 22.5. The Morgan fingerprint density at radius 2 is 2.21 bits per heavy atom. The van der Waals surface area contributed by atoms with E-state index in [-0.39, 0.29) is 10.6 Å². The molecule has 1 heterocycles. The monoisotopic (exact) mass is 284 g/mol. The van der Waals surface area contributed by atoms with E-state index in [1.807, 2.05) is 0 Å². The van der Waals surface area contributed by atoms with Gasteiger partial charge in [0.05, 0.1) is 5.69 Å². The summed E-state index contributed by atoms with van der Waals surface area (Å²) >= 11 is 0. The lowest BCUT2D eigenvalue weighted by Crippen LogP contribution is -2.31. The van der Waals surface area contributed by atoms with E-state index in [9.17, 15) is 8.42 Å². The number of rotatable bonds is 4. The molecule has 1 atom stereocenters. The summed E-state index contributed by atoms with van der Waals surface area (Å²) in [6, 6.07) is 5.24. The van der Waals surface area contributed by atoms with Crippen molar-refractivity contribution >= 4 is 21.4 Å². The Balaban J connectivity index is 2.04. The fraction of sp³-hybridized carbons (Fsp3) is 0.500. The maximum atomic E-state index is 11.2. The van der Waals surface area contributed by atoms with E-state index in [1.54, 1.807) is 12.1 Å². The smallest absolute Gasteiger partial charge is 0.240 e. The molecule has 0 amide bonds. The van der Waals surface area contributed by atoms with Gasteiger partial charge in [-0.2, -0.15) is 0 Å². The Morgan fingerprint density at radius 3 is 2.74 bits per heavy atom. The second kappa shape index (κ2) is 5.36. The van der Waals surface area contributed by atoms with Crippen molar-refractivity contribution in [1.82, 2.24) is 4.90 Å². The van der Waals surface area contributed by atoms with E-state index in [2.05, 4.69) is 17.3 Å². The number of nitrogens with zero attached hydrogens (tertiary/aromatic N) is 1. The Morgan fingerprint density at radius 1 is 1.47 bits per heavy atom. The number of sulfonamides is 1. The van der Waals surface area contributed by atoms with E-state index in [0.29, 0.717) is 6.04 Å². The molecule has 6 nitrogen and oxygen atoms in total. The topological polar surface area (TPSA) is 101 Å². The van der Waals surface area contributed by atoms with E-state index in [0.717, 1.165) is 18.8 Å². The lowest BCUT2D eigenvalue weighted by Gasteiger charge is -2.20. The van der Waals surface area contributed by atoms with Gasteiger partial charge in [0.15, 0.2) is 0 Å². The van der Waals surface area contributed by atoms with Crippen LogP contribution in [0.2, 0.25) is 0 Å². The van der Waals surface area contributed by atoms with Crippen LogP contribution in [0.3, 0.4) is 0 Å². The zero-order valence-corrected chi connectivity index (χ0v) is 11.8. The molecule has 7 heteroatoms. The first kappa shape index (κ1) is 14.1. The summed E-state index contributed by atoms with van der Waals surface area (Å²) in [6.07, 6.45) is 2.39. The molecule has 19 heavy (non-hydrogen) atoms. The molecule has 1 aliphatic heterocycles. The van der Waals surface area contributed by atoms with Crippen LogP contribution in [0.4, 0.5) is 11.4 Å². The summed E-state index contributed by atoms with van der Waals surface area (Å²) in [7, 11) is -1.64. The van der Waals surface area contributed by atoms with Crippen LogP contribution in [0.15, 0.2) is 23.1 Å². The quantitative estimate of drug-likeness (QED) is 0.696. The van der Waals surface area contributed by atoms with Crippen molar-refractivity contribution in [3.05, 3.63) is 18.2 Å². The maximum absolute atomic E-state index is 11.2. The largest absolute Gasteiger partial charge is 0.398 e. The molecule has 0 saturated carbocycles. The summed E-state index contributed by atoms with van der Waals surface area (Å²) in [5.74, 6) is 0. The van der Waals surface area contributed by atoms with Crippen LogP contribution in [0.5, 0.6) is 0 Å². The zero-order chi connectivity index (χ0) is 14.0. The first-order valence-corrected chi connectivity index (χ1v) is 7.79. The highest BCUT2D eigenvalue weighted by atomic mass is 32.2. The molecule has 1 unspecified atom stereocenters. The van der Waals surface area contributed by atoms with Crippen LogP contribution < -0.4 is 16.2 Å². The molecule has 5 N–H and O–H groups in total. The SMILES string of the molecule is CN1CCCC1CNc1ccc(S(N)(=O)=O)c(N)c1. The van der Waals surface area contributed by atoms with Gasteiger partial charge in [0.25, 0.3) is 0 Å². The second-order valence-corrected chi connectivity index (χ2v) is 6.49. The molecule has 0 aliphatic carbocycles. The van der Waals surface area contributed by atoms with Crippen LogP contribution in [0.1, 0.15) is 12.8 Å². The summed E-state index contributed by atoms with van der Waals surface area (Å²) in [6.45, 7) is 1.95. The molecule has 1 aromatic rings. The number of nitrogens with one attached hydrogen (secondary N) is 1. The highest BCUT2D eigenvalue weighted by molar-refractivity contribution is 7.89. The molecular weight excluding hydrogens is 264 g/mol. The minimum atomic E-state index is -3.75. The molecule has 2 rings (SSSR count). The Hall–Kier alpha value is -1.31. The summed E-state index contributed by atoms with van der Waals surface area (Å²) in [5.41, 5.74) is 6.69. The number of anilines is 2. The Labute approximate surface area is 113 Å². The van der Waals surface area contributed by atoms with Gasteiger partial charge >= 0.3 is 0 Å². The molecule has 0 spiro atoms. The molecule has 0 bridgehead atoms. The number of hydrogen-bond donors (Lipinski definition) is 3. The van der Waals surface area contributed by atoms with E-state index in [1.165, 1.54) is 18.9 Å². The van der Waals surface area contributed by atoms with Crippen LogP contribution in [-0.4, -0.2) is 39.5 Å². The summed E-state index contributed by atoms with van der Waals surface area (Å²) in [4.78, 5) is 2.28. The third-order valence-electron chi connectivity index (χ3n) is 3.53. The minimum Gasteiger partial charge on any atom is -0.398 e. The van der Waals surface area contributed by atoms with Crippen molar-refractivity contribution in [3.63, 3.8) is 0 Å². The number of nitrogen functional groups attached to an aromatic ring is 1. The van der Waals surface area contributed by atoms with Gasteiger partial charge in [0, 0.05) is 18.3 Å². The van der Waals surface area contributed by atoms with Gasteiger partial charge in [-0.1, -0.05) is 0 Å². The van der Waals surface area contributed by atoms with Gasteiger partial charge in [0.2, 0.25) is 10.0 Å². The van der Waals surface area contributed by atoms with E-state index >= 15 is 0 Å². The van der Waals surface area contributed by atoms with Gasteiger partial charge in [-0.05, 0) is 44.6 Å². The standard InChI is InChI=1S/C12H20N4O2S/c1-16-6-2-3-10(16)8-15-9-4-5-12(11(13)7-9)19(14,17)18/h4-5,7,10,15H,2-3,6,8,13H2,1H3,(H2,14,17,18). The lowest BCUT2D eigenvalue weighted by molar-refractivity contribution is 0.322. The van der Waals surface area contributed by atoms with Crippen LogP contribution >= 0.6 is 0 Å². The highest BCUT2D eigenvalue weighted by Crippen LogP contribution is 2.22. The fourth-order valence-corrected chi connectivity index (χ4v) is 3.04. The number of nitrogens with two attached hydrogens (primary N) is 2. The molecule has 1 aromatic carbocycles. The third-order valence-corrected chi connectivity index (χ3v) is 4.51. The maximum Gasteiger partial charge on any atom is 0.240 e. The number of likely N-dealkylation sites (N-methyl/N-ethyl adjacent to an activating group) is 1. The molecular formula is C12H20N4O2S. The Kier molecular flexibility index (Phi) is 3.98. The van der Waals surface area contributed by atoms with Gasteiger partial charge in [-0.15, -0.1) is 0 Å². The molecule has 106 valence electrons.